The highest BCUT2D eigenvalue weighted by Crippen LogP contribution is 2.23. The highest BCUT2D eigenvalue weighted by atomic mass is 32.2. The Morgan fingerprint density at radius 3 is 2.90 bits per heavy atom. The largest absolute Gasteiger partial charge is 0.416 e. The third kappa shape index (κ3) is 4.08. The van der Waals surface area contributed by atoms with E-state index in [0.717, 1.165) is 11.8 Å². The van der Waals surface area contributed by atoms with Gasteiger partial charge in [0.15, 0.2) is 0 Å². The van der Waals surface area contributed by atoms with E-state index in [1.807, 2.05) is 18.2 Å². The van der Waals surface area contributed by atoms with Crippen LogP contribution in [0.1, 0.15) is 30.7 Å². The minimum Gasteiger partial charge on any atom is -0.416 e. The number of nitrogens with zero attached hydrogens (tertiary/aromatic N) is 3. The third-order valence-corrected chi connectivity index (χ3v) is 4.85. The van der Waals surface area contributed by atoms with E-state index in [0.29, 0.717) is 17.5 Å². The van der Waals surface area contributed by atoms with Crippen molar-refractivity contribution in [2.45, 2.75) is 36.9 Å². The fourth-order valence-electron chi connectivity index (χ4n) is 2.76. The summed E-state index contributed by atoms with van der Waals surface area (Å²) in [5.41, 5.74) is 1.20. The zero-order valence-corrected chi connectivity index (χ0v) is 13.2. The topological polar surface area (TPSA) is 42.2 Å². The molecule has 21 heavy (non-hydrogen) atoms. The van der Waals surface area contributed by atoms with Crippen LogP contribution in [0, 0.1) is 0 Å². The summed E-state index contributed by atoms with van der Waals surface area (Å²) in [6.07, 6.45) is 4.55. The van der Waals surface area contributed by atoms with Crippen molar-refractivity contribution in [3.05, 3.63) is 41.8 Å². The average molecular weight is 303 g/mol. The molecule has 1 aliphatic rings. The van der Waals surface area contributed by atoms with Gasteiger partial charge >= 0.3 is 0 Å². The minimum atomic E-state index is 0.696. The Morgan fingerprint density at radius 1 is 1.29 bits per heavy atom. The second-order valence-corrected chi connectivity index (χ2v) is 6.58. The number of aromatic nitrogens is 2. The molecule has 1 saturated heterocycles. The molecule has 1 atom stereocenters. The number of rotatable bonds is 6. The van der Waals surface area contributed by atoms with Gasteiger partial charge in [-0.05, 0) is 38.4 Å². The first-order chi connectivity index (χ1) is 10.3. The molecule has 0 radical (unpaired) electrons. The van der Waals surface area contributed by atoms with Gasteiger partial charge in [0.05, 0.1) is 6.42 Å². The standard InChI is InChI=1S/C16H21N3OS/c1-19-10-5-8-14(19)9-11-21-16-18-17-15(20-16)12-13-6-3-2-4-7-13/h2-4,6-7,14H,5,8-12H2,1H3. The second kappa shape index (κ2) is 7.09. The number of hydrogen-bond donors (Lipinski definition) is 0. The van der Waals surface area contributed by atoms with E-state index in [-0.39, 0.29) is 0 Å². The van der Waals surface area contributed by atoms with Crippen molar-refractivity contribution in [1.29, 1.82) is 0 Å². The van der Waals surface area contributed by atoms with Crippen molar-refractivity contribution in [3.63, 3.8) is 0 Å². The summed E-state index contributed by atoms with van der Waals surface area (Å²) >= 11 is 1.67. The zero-order valence-electron chi connectivity index (χ0n) is 12.4. The van der Waals surface area contributed by atoms with Gasteiger partial charge < -0.3 is 9.32 Å². The van der Waals surface area contributed by atoms with Gasteiger partial charge in [-0.3, -0.25) is 0 Å². The van der Waals surface area contributed by atoms with Gasteiger partial charge in [-0.2, -0.15) is 0 Å². The zero-order chi connectivity index (χ0) is 14.5. The molecule has 1 aliphatic heterocycles. The summed E-state index contributed by atoms with van der Waals surface area (Å²) in [5, 5.41) is 8.95. The summed E-state index contributed by atoms with van der Waals surface area (Å²) in [5.74, 6) is 1.74. The molecule has 0 saturated carbocycles. The molecule has 1 aromatic heterocycles. The SMILES string of the molecule is CN1CCCC1CCSc1nnc(Cc2ccccc2)o1. The van der Waals surface area contributed by atoms with Gasteiger partial charge in [-0.15, -0.1) is 10.2 Å². The van der Waals surface area contributed by atoms with E-state index < -0.39 is 0 Å². The molecule has 1 aromatic carbocycles. The van der Waals surface area contributed by atoms with Crippen molar-refractivity contribution in [1.82, 2.24) is 15.1 Å². The summed E-state index contributed by atoms with van der Waals surface area (Å²) in [6, 6.07) is 10.9. The summed E-state index contributed by atoms with van der Waals surface area (Å²) in [7, 11) is 2.22. The molecule has 5 heteroatoms. The van der Waals surface area contributed by atoms with Crippen LogP contribution in [0.2, 0.25) is 0 Å². The molecule has 0 aliphatic carbocycles. The Kier molecular flexibility index (Phi) is 4.93. The molecule has 0 N–H and O–H groups in total. The first-order valence-electron chi connectivity index (χ1n) is 7.50. The van der Waals surface area contributed by atoms with Gasteiger partial charge in [0, 0.05) is 11.8 Å². The van der Waals surface area contributed by atoms with Crippen LogP contribution >= 0.6 is 11.8 Å². The van der Waals surface area contributed by atoms with Crippen LogP contribution in [0.4, 0.5) is 0 Å². The molecule has 112 valence electrons. The Labute approximate surface area is 129 Å². The molecule has 4 nitrogen and oxygen atoms in total. The highest BCUT2D eigenvalue weighted by molar-refractivity contribution is 7.99. The maximum Gasteiger partial charge on any atom is 0.276 e. The van der Waals surface area contributed by atoms with Gasteiger partial charge in [0.2, 0.25) is 5.89 Å². The molecular weight excluding hydrogens is 282 g/mol. The lowest BCUT2D eigenvalue weighted by Crippen LogP contribution is -2.25. The minimum absolute atomic E-state index is 0.696. The van der Waals surface area contributed by atoms with Crippen LogP contribution < -0.4 is 0 Å². The fourth-order valence-corrected chi connectivity index (χ4v) is 3.58. The lowest BCUT2D eigenvalue weighted by molar-refractivity contribution is 0.305. The predicted molar refractivity (Wildman–Crippen MR) is 84.5 cm³/mol. The van der Waals surface area contributed by atoms with Crippen LogP contribution in [0.25, 0.3) is 0 Å². The summed E-state index contributed by atoms with van der Waals surface area (Å²) in [6.45, 7) is 1.23. The average Bonchev–Trinajstić information content (AvgIpc) is 3.10. The van der Waals surface area contributed by atoms with Crippen molar-refractivity contribution < 1.29 is 4.42 Å². The van der Waals surface area contributed by atoms with Crippen LogP contribution in [-0.4, -0.2) is 40.5 Å². The van der Waals surface area contributed by atoms with E-state index in [1.54, 1.807) is 11.8 Å². The number of likely N-dealkylation sites (tertiary alicyclic amines) is 1. The molecule has 1 fully saturated rings. The first-order valence-corrected chi connectivity index (χ1v) is 8.49. The summed E-state index contributed by atoms with van der Waals surface area (Å²) < 4.78 is 5.71. The van der Waals surface area contributed by atoms with E-state index in [1.165, 1.54) is 31.4 Å². The highest BCUT2D eigenvalue weighted by Gasteiger charge is 2.20. The molecule has 0 spiro atoms. The molecule has 0 bridgehead atoms. The summed E-state index contributed by atoms with van der Waals surface area (Å²) in [4.78, 5) is 2.45. The van der Waals surface area contributed by atoms with Crippen LogP contribution in [0.5, 0.6) is 0 Å². The Hall–Kier alpha value is -1.33. The Balaban J connectivity index is 1.46. The first kappa shape index (κ1) is 14.6. The van der Waals surface area contributed by atoms with E-state index >= 15 is 0 Å². The van der Waals surface area contributed by atoms with E-state index in [4.69, 9.17) is 4.42 Å². The molecule has 2 heterocycles. The van der Waals surface area contributed by atoms with E-state index in [9.17, 15) is 0 Å². The number of thioether (sulfide) groups is 1. The lowest BCUT2D eigenvalue weighted by atomic mass is 10.2. The molecule has 2 aromatic rings. The maximum absolute atomic E-state index is 5.71. The smallest absolute Gasteiger partial charge is 0.276 e. The van der Waals surface area contributed by atoms with Crippen molar-refractivity contribution in [2.75, 3.05) is 19.3 Å². The third-order valence-electron chi connectivity index (χ3n) is 3.99. The molecular formula is C16H21N3OS. The van der Waals surface area contributed by atoms with Crippen molar-refractivity contribution in [3.8, 4) is 0 Å². The van der Waals surface area contributed by atoms with Crippen LogP contribution in [-0.2, 0) is 6.42 Å². The van der Waals surface area contributed by atoms with Crippen LogP contribution in [0.3, 0.4) is 0 Å². The fraction of sp³-hybridized carbons (Fsp3) is 0.500. The Bertz CT molecular complexity index is 558. The number of benzene rings is 1. The lowest BCUT2D eigenvalue weighted by Gasteiger charge is -2.18. The van der Waals surface area contributed by atoms with Gasteiger partial charge in [0.1, 0.15) is 0 Å². The van der Waals surface area contributed by atoms with Gasteiger partial charge in [-0.25, -0.2) is 0 Å². The van der Waals surface area contributed by atoms with E-state index in [2.05, 4.69) is 34.3 Å². The second-order valence-electron chi connectivity index (χ2n) is 5.54. The predicted octanol–water partition coefficient (Wildman–Crippen LogP) is 3.24. The normalized spacial score (nSPS) is 19.2. The monoisotopic (exact) mass is 303 g/mol. The quantitative estimate of drug-likeness (QED) is 0.766. The van der Waals surface area contributed by atoms with Crippen molar-refractivity contribution >= 4 is 11.8 Å². The van der Waals surface area contributed by atoms with Gasteiger partial charge in [-0.1, -0.05) is 42.1 Å². The van der Waals surface area contributed by atoms with Crippen LogP contribution in [0.15, 0.2) is 40.0 Å². The van der Waals surface area contributed by atoms with Gasteiger partial charge in [0.25, 0.3) is 5.22 Å². The maximum atomic E-state index is 5.71. The molecule has 1 unspecified atom stereocenters. The van der Waals surface area contributed by atoms with Crippen molar-refractivity contribution in [2.24, 2.45) is 0 Å². The molecule has 0 amide bonds. The molecule has 3 rings (SSSR count). The number of hydrogen-bond acceptors (Lipinski definition) is 5. The Morgan fingerprint density at radius 2 is 2.14 bits per heavy atom.